The van der Waals surface area contributed by atoms with E-state index in [1.165, 1.54) is 0 Å². The number of aromatic hydroxyl groups is 1. The maximum absolute atomic E-state index is 12.8. The summed E-state index contributed by atoms with van der Waals surface area (Å²) in [5.74, 6) is 0.207. The Morgan fingerprint density at radius 2 is 1.88 bits per heavy atom. The second kappa shape index (κ2) is 6.23. The number of methoxy groups -OCH3 is 1. The SMILES string of the molecule is CO[C@H]1Cc2c(c(C)c(O)c3ccccc23)N(C(=O)OC(C)(C)C)C1. The summed E-state index contributed by atoms with van der Waals surface area (Å²) >= 11 is 0. The van der Waals surface area contributed by atoms with Crippen molar-refractivity contribution in [2.45, 2.75) is 45.8 Å². The standard InChI is InChI=1S/C20H25NO4/c1-12-17-16(14-8-6-7-9-15(14)18(12)22)10-13(24-5)11-21(17)19(23)25-20(2,3)4/h6-9,13,22H,10-11H2,1-5H3/t13-/m0/s1. The lowest BCUT2D eigenvalue weighted by molar-refractivity contribution is 0.0517. The summed E-state index contributed by atoms with van der Waals surface area (Å²) in [4.78, 5) is 14.4. The molecule has 0 bridgehead atoms. The largest absolute Gasteiger partial charge is 0.507 e. The number of phenolic OH excluding ortho intramolecular Hbond substituents is 1. The van der Waals surface area contributed by atoms with Crippen LogP contribution in [0.25, 0.3) is 10.8 Å². The minimum Gasteiger partial charge on any atom is -0.507 e. The van der Waals surface area contributed by atoms with Crippen LogP contribution >= 0.6 is 0 Å². The second-order valence-corrected chi connectivity index (χ2v) is 7.50. The third-order valence-corrected chi connectivity index (χ3v) is 4.54. The van der Waals surface area contributed by atoms with Crippen molar-refractivity contribution in [1.82, 2.24) is 0 Å². The van der Waals surface area contributed by atoms with Gasteiger partial charge in [-0.1, -0.05) is 24.3 Å². The number of amides is 1. The predicted octanol–water partition coefficient (Wildman–Crippen LogP) is 4.17. The van der Waals surface area contributed by atoms with Crippen LogP contribution in [0.3, 0.4) is 0 Å². The van der Waals surface area contributed by atoms with E-state index in [9.17, 15) is 9.90 Å². The molecule has 25 heavy (non-hydrogen) atoms. The fourth-order valence-electron chi connectivity index (χ4n) is 3.42. The summed E-state index contributed by atoms with van der Waals surface area (Å²) in [5, 5.41) is 12.4. The molecule has 1 aliphatic heterocycles. The summed E-state index contributed by atoms with van der Waals surface area (Å²) in [6.07, 6.45) is 0.146. The number of ether oxygens (including phenoxy) is 2. The van der Waals surface area contributed by atoms with Gasteiger partial charge in [0.25, 0.3) is 0 Å². The molecule has 1 atom stereocenters. The van der Waals surface area contributed by atoms with Crippen LogP contribution in [-0.2, 0) is 15.9 Å². The van der Waals surface area contributed by atoms with Crippen molar-refractivity contribution in [2.24, 2.45) is 0 Å². The number of nitrogens with zero attached hydrogens (tertiary/aromatic N) is 1. The number of fused-ring (bicyclic) bond motifs is 3. The van der Waals surface area contributed by atoms with Gasteiger partial charge >= 0.3 is 6.09 Å². The molecule has 0 aromatic heterocycles. The van der Waals surface area contributed by atoms with Gasteiger partial charge in [-0.05, 0) is 38.6 Å². The molecule has 0 saturated carbocycles. The molecule has 0 unspecified atom stereocenters. The molecule has 0 fully saturated rings. The molecule has 1 aliphatic rings. The molecule has 2 aromatic rings. The van der Waals surface area contributed by atoms with E-state index in [4.69, 9.17) is 9.47 Å². The van der Waals surface area contributed by atoms with E-state index in [-0.39, 0.29) is 11.9 Å². The number of carbonyl (C=O) groups is 1. The first kappa shape index (κ1) is 17.5. The Kier molecular flexibility index (Phi) is 4.37. The number of hydrogen-bond donors (Lipinski definition) is 1. The number of phenols is 1. The van der Waals surface area contributed by atoms with Crippen LogP contribution in [0.5, 0.6) is 5.75 Å². The third kappa shape index (κ3) is 3.16. The fourth-order valence-corrected chi connectivity index (χ4v) is 3.42. The monoisotopic (exact) mass is 343 g/mol. The zero-order valence-corrected chi connectivity index (χ0v) is 15.4. The van der Waals surface area contributed by atoms with Crippen LogP contribution in [0.15, 0.2) is 24.3 Å². The summed E-state index contributed by atoms with van der Waals surface area (Å²) in [7, 11) is 1.65. The number of carbonyl (C=O) groups excluding carboxylic acids is 1. The van der Waals surface area contributed by atoms with E-state index in [0.29, 0.717) is 18.5 Å². The molecule has 1 heterocycles. The third-order valence-electron chi connectivity index (χ3n) is 4.54. The molecule has 0 radical (unpaired) electrons. The molecule has 2 aromatic carbocycles. The minimum atomic E-state index is -0.593. The maximum Gasteiger partial charge on any atom is 0.414 e. The van der Waals surface area contributed by atoms with Crippen LogP contribution < -0.4 is 4.90 Å². The second-order valence-electron chi connectivity index (χ2n) is 7.50. The van der Waals surface area contributed by atoms with Crippen molar-refractivity contribution >= 4 is 22.6 Å². The Labute approximate surface area is 148 Å². The van der Waals surface area contributed by atoms with Crippen molar-refractivity contribution < 1.29 is 19.4 Å². The Bertz CT molecular complexity index is 823. The average Bonchev–Trinajstić information content (AvgIpc) is 2.57. The normalized spacial score (nSPS) is 17.5. The van der Waals surface area contributed by atoms with Gasteiger partial charge in [0, 0.05) is 24.5 Å². The average molecular weight is 343 g/mol. The van der Waals surface area contributed by atoms with Crippen molar-refractivity contribution in [2.75, 3.05) is 18.6 Å². The summed E-state index contributed by atoms with van der Waals surface area (Å²) in [6, 6.07) is 7.70. The first-order valence-electron chi connectivity index (χ1n) is 8.49. The van der Waals surface area contributed by atoms with Gasteiger partial charge in [-0.15, -0.1) is 0 Å². The summed E-state index contributed by atoms with van der Waals surface area (Å²) < 4.78 is 11.1. The Morgan fingerprint density at radius 1 is 1.24 bits per heavy atom. The van der Waals surface area contributed by atoms with E-state index in [2.05, 4.69) is 0 Å². The van der Waals surface area contributed by atoms with Gasteiger partial charge in [-0.25, -0.2) is 4.79 Å². The molecule has 3 rings (SSSR count). The zero-order chi connectivity index (χ0) is 18.4. The number of anilines is 1. The van der Waals surface area contributed by atoms with E-state index < -0.39 is 11.7 Å². The van der Waals surface area contributed by atoms with Crippen LogP contribution in [-0.4, -0.2) is 36.6 Å². The molecule has 134 valence electrons. The first-order valence-corrected chi connectivity index (χ1v) is 8.49. The van der Waals surface area contributed by atoms with E-state index in [1.54, 1.807) is 12.0 Å². The zero-order valence-electron chi connectivity index (χ0n) is 15.4. The van der Waals surface area contributed by atoms with Crippen LogP contribution in [0.4, 0.5) is 10.5 Å². The highest BCUT2D eigenvalue weighted by Crippen LogP contribution is 2.43. The van der Waals surface area contributed by atoms with E-state index >= 15 is 0 Å². The van der Waals surface area contributed by atoms with Gasteiger partial charge < -0.3 is 14.6 Å². The van der Waals surface area contributed by atoms with Gasteiger partial charge in [-0.3, -0.25) is 4.90 Å². The molecule has 0 spiro atoms. The summed E-state index contributed by atoms with van der Waals surface area (Å²) in [6.45, 7) is 7.76. The molecule has 1 N–H and O–H groups in total. The lowest BCUT2D eigenvalue weighted by Gasteiger charge is -2.37. The van der Waals surface area contributed by atoms with Crippen molar-refractivity contribution in [3.63, 3.8) is 0 Å². The quantitative estimate of drug-likeness (QED) is 0.844. The lowest BCUT2D eigenvalue weighted by atomic mass is 9.90. The highest BCUT2D eigenvalue weighted by molar-refractivity contribution is 6.02. The van der Waals surface area contributed by atoms with Crippen molar-refractivity contribution in [3.8, 4) is 5.75 Å². The van der Waals surface area contributed by atoms with Crippen molar-refractivity contribution in [3.05, 3.63) is 35.4 Å². The van der Waals surface area contributed by atoms with Gasteiger partial charge in [0.15, 0.2) is 0 Å². The van der Waals surface area contributed by atoms with Crippen molar-refractivity contribution in [1.29, 1.82) is 0 Å². The Balaban J connectivity index is 2.21. The number of benzene rings is 2. The van der Waals surface area contributed by atoms with Gasteiger partial charge in [-0.2, -0.15) is 0 Å². The minimum absolute atomic E-state index is 0.118. The molecule has 5 heteroatoms. The van der Waals surface area contributed by atoms with Gasteiger partial charge in [0.2, 0.25) is 0 Å². The topological polar surface area (TPSA) is 59.0 Å². The molecular weight excluding hydrogens is 318 g/mol. The Morgan fingerprint density at radius 3 is 2.48 bits per heavy atom. The number of rotatable bonds is 1. The Hall–Kier alpha value is -2.27. The van der Waals surface area contributed by atoms with Crippen LogP contribution in [0.1, 0.15) is 31.9 Å². The van der Waals surface area contributed by atoms with E-state index in [1.807, 2.05) is 52.0 Å². The predicted molar refractivity (Wildman–Crippen MR) is 98.4 cm³/mol. The maximum atomic E-state index is 12.8. The highest BCUT2D eigenvalue weighted by atomic mass is 16.6. The molecule has 0 aliphatic carbocycles. The van der Waals surface area contributed by atoms with Gasteiger partial charge in [0.1, 0.15) is 11.4 Å². The van der Waals surface area contributed by atoms with Crippen LogP contribution in [0.2, 0.25) is 0 Å². The number of hydrogen-bond acceptors (Lipinski definition) is 4. The van der Waals surface area contributed by atoms with Crippen LogP contribution in [0, 0.1) is 6.92 Å². The molecule has 5 nitrogen and oxygen atoms in total. The fraction of sp³-hybridized carbons (Fsp3) is 0.450. The molecule has 1 amide bonds. The van der Waals surface area contributed by atoms with Gasteiger partial charge in [0.05, 0.1) is 18.3 Å². The molecule has 0 saturated heterocycles. The highest BCUT2D eigenvalue weighted by Gasteiger charge is 2.35. The molecular formula is C20H25NO4. The smallest absolute Gasteiger partial charge is 0.414 e. The lowest BCUT2D eigenvalue weighted by Crippen LogP contribution is -2.46. The van der Waals surface area contributed by atoms with E-state index in [0.717, 1.165) is 22.0 Å². The summed E-state index contributed by atoms with van der Waals surface area (Å²) in [5.41, 5.74) is 1.84. The first-order chi connectivity index (χ1) is 11.7.